The average molecular weight is 386 g/mol. The molecule has 140 valence electrons. The Bertz CT molecular complexity index is 1010. The number of amides is 3. The van der Waals surface area contributed by atoms with Gasteiger partial charge in [-0.25, -0.2) is 0 Å². The van der Waals surface area contributed by atoms with E-state index in [1.807, 2.05) is 24.4 Å². The molecule has 3 amide bonds. The number of aromatic nitrogens is 3. The quantitative estimate of drug-likeness (QED) is 0.530. The molecule has 0 spiro atoms. The highest BCUT2D eigenvalue weighted by atomic mass is 32.1. The fourth-order valence-electron chi connectivity index (χ4n) is 3.27. The third-order valence-corrected chi connectivity index (χ3v) is 5.63. The van der Waals surface area contributed by atoms with Crippen LogP contribution in [-0.2, 0) is 0 Å². The van der Waals surface area contributed by atoms with E-state index < -0.39 is 5.91 Å². The maximum Gasteiger partial charge on any atom is 0.271 e. The Kier molecular flexibility index (Phi) is 4.19. The van der Waals surface area contributed by atoms with Crippen LogP contribution in [0, 0.1) is 5.92 Å². The highest BCUT2D eigenvalue weighted by Crippen LogP contribution is 2.23. The number of nitrogens with zero attached hydrogens (tertiary/aromatic N) is 2. The zero-order valence-corrected chi connectivity index (χ0v) is 15.3. The lowest BCUT2D eigenvalue weighted by molar-refractivity contribution is 0.0775. The number of nitrogens with one attached hydrogen (secondary N) is 3. The van der Waals surface area contributed by atoms with Crippen LogP contribution in [0.2, 0.25) is 0 Å². The first-order valence-electron chi connectivity index (χ1n) is 8.44. The van der Waals surface area contributed by atoms with Gasteiger partial charge < -0.3 is 20.9 Å². The zero-order chi connectivity index (χ0) is 19.1. The molecule has 27 heavy (non-hydrogen) atoms. The number of H-pyrrole nitrogens is 2. The molecule has 9 nitrogen and oxygen atoms in total. The summed E-state index contributed by atoms with van der Waals surface area (Å²) >= 11 is 1.57. The number of hydrogen-bond donors (Lipinski definition) is 4. The number of rotatable bonds is 4. The summed E-state index contributed by atoms with van der Waals surface area (Å²) < 4.78 is 1.03. The number of carbonyl (C=O) groups is 3. The summed E-state index contributed by atoms with van der Waals surface area (Å²) in [5, 5.41) is 11.2. The number of thiophene rings is 1. The lowest BCUT2D eigenvalue weighted by Gasteiger charge is -2.16. The van der Waals surface area contributed by atoms with Crippen molar-refractivity contribution < 1.29 is 14.4 Å². The minimum absolute atomic E-state index is 0.0159. The van der Waals surface area contributed by atoms with Crippen molar-refractivity contribution in [3.63, 3.8) is 0 Å². The van der Waals surface area contributed by atoms with Gasteiger partial charge in [0.25, 0.3) is 17.7 Å². The highest BCUT2D eigenvalue weighted by Gasteiger charge is 2.34. The number of likely N-dealkylation sites (tertiary alicyclic amines) is 1. The largest absolute Gasteiger partial charge is 0.364 e. The van der Waals surface area contributed by atoms with Crippen molar-refractivity contribution in [1.29, 1.82) is 0 Å². The number of nitrogens with two attached hydrogens (primary N) is 1. The first kappa shape index (κ1) is 17.3. The minimum Gasteiger partial charge on any atom is -0.364 e. The van der Waals surface area contributed by atoms with E-state index in [1.165, 1.54) is 6.07 Å². The van der Waals surface area contributed by atoms with Gasteiger partial charge in [0.2, 0.25) is 0 Å². The molecule has 4 heterocycles. The molecule has 1 saturated heterocycles. The Balaban J connectivity index is 1.42. The molecule has 10 heteroatoms. The molecule has 0 bridgehead atoms. The number of fused-ring (bicyclic) bond motifs is 1. The summed E-state index contributed by atoms with van der Waals surface area (Å²) in [4.78, 5) is 41.0. The summed E-state index contributed by atoms with van der Waals surface area (Å²) in [5.74, 6) is -1.08. The first-order valence-corrected chi connectivity index (χ1v) is 9.32. The normalized spacial score (nSPS) is 19.5. The van der Waals surface area contributed by atoms with Gasteiger partial charge in [-0.1, -0.05) is 6.92 Å². The molecule has 2 unspecified atom stereocenters. The van der Waals surface area contributed by atoms with Crippen molar-refractivity contribution in [1.82, 2.24) is 25.4 Å². The van der Waals surface area contributed by atoms with Crippen LogP contribution in [0.3, 0.4) is 0 Å². The predicted molar refractivity (Wildman–Crippen MR) is 99.6 cm³/mol. The molecule has 2 atom stereocenters. The van der Waals surface area contributed by atoms with Crippen molar-refractivity contribution in [2.75, 3.05) is 13.1 Å². The SMILES string of the molecule is CC1CN(C(=O)c2cc(C(N)=O)n[nH]2)CC1NC(=O)c1cc2sccc2[nH]1. The maximum absolute atomic E-state index is 12.6. The lowest BCUT2D eigenvalue weighted by atomic mass is 10.1. The molecular weight excluding hydrogens is 368 g/mol. The van der Waals surface area contributed by atoms with E-state index in [2.05, 4.69) is 20.5 Å². The van der Waals surface area contributed by atoms with Gasteiger partial charge in [0.05, 0.1) is 16.3 Å². The summed E-state index contributed by atoms with van der Waals surface area (Å²) in [7, 11) is 0. The summed E-state index contributed by atoms with van der Waals surface area (Å²) in [6, 6.07) is 4.93. The van der Waals surface area contributed by atoms with Crippen LogP contribution < -0.4 is 11.1 Å². The van der Waals surface area contributed by atoms with Gasteiger partial charge in [0.1, 0.15) is 11.4 Å². The predicted octanol–water partition coefficient (Wildman–Crippen LogP) is 0.942. The van der Waals surface area contributed by atoms with Crippen molar-refractivity contribution in [3.8, 4) is 0 Å². The van der Waals surface area contributed by atoms with E-state index >= 15 is 0 Å². The molecule has 1 fully saturated rings. The van der Waals surface area contributed by atoms with Crippen molar-refractivity contribution in [3.05, 3.63) is 40.7 Å². The van der Waals surface area contributed by atoms with Crippen LogP contribution in [-0.4, -0.2) is 56.9 Å². The summed E-state index contributed by atoms with van der Waals surface area (Å²) in [6.07, 6.45) is 0. The van der Waals surface area contributed by atoms with Crippen LogP contribution >= 0.6 is 11.3 Å². The fourth-order valence-corrected chi connectivity index (χ4v) is 4.05. The lowest BCUT2D eigenvalue weighted by Crippen LogP contribution is -2.40. The third kappa shape index (κ3) is 3.19. The molecule has 1 aliphatic rings. The standard InChI is InChI=1S/C17H18N6O3S/c1-8-6-23(17(26)12-4-10(15(18)24)21-22-12)7-13(8)20-16(25)11-5-14-9(19-11)2-3-27-14/h2-5,8,13,19H,6-7H2,1H3,(H2,18,24)(H,20,25)(H,21,22). The monoisotopic (exact) mass is 386 g/mol. The van der Waals surface area contributed by atoms with E-state index in [9.17, 15) is 14.4 Å². The smallest absolute Gasteiger partial charge is 0.271 e. The van der Waals surface area contributed by atoms with Crippen LogP contribution in [0.5, 0.6) is 0 Å². The number of aromatic amines is 2. The van der Waals surface area contributed by atoms with Gasteiger partial charge in [-0.15, -0.1) is 11.3 Å². The van der Waals surface area contributed by atoms with Gasteiger partial charge in [0.15, 0.2) is 5.69 Å². The second-order valence-electron chi connectivity index (χ2n) is 6.68. The van der Waals surface area contributed by atoms with Crippen molar-refractivity contribution >= 4 is 39.3 Å². The van der Waals surface area contributed by atoms with E-state index in [-0.39, 0.29) is 35.2 Å². The minimum atomic E-state index is -0.698. The van der Waals surface area contributed by atoms with E-state index in [0.717, 1.165) is 10.2 Å². The molecule has 5 N–H and O–H groups in total. The average Bonchev–Trinajstić information content (AvgIpc) is 3.37. The molecule has 3 aromatic rings. The molecule has 0 aromatic carbocycles. The van der Waals surface area contributed by atoms with Crippen molar-refractivity contribution in [2.45, 2.75) is 13.0 Å². The van der Waals surface area contributed by atoms with Crippen LogP contribution in [0.25, 0.3) is 10.2 Å². The van der Waals surface area contributed by atoms with Gasteiger partial charge in [-0.2, -0.15) is 5.10 Å². The zero-order valence-electron chi connectivity index (χ0n) is 14.5. The Morgan fingerprint density at radius 2 is 2.11 bits per heavy atom. The number of carbonyl (C=O) groups excluding carboxylic acids is 3. The van der Waals surface area contributed by atoms with Gasteiger partial charge >= 0.3 is 0 Å². The van der Waals surface area contributed by atoms with Crippen LogP contribution in [0.15, 0.2) is 23.6 Å². The topological polar surface area (TPSA) is 137 Å². The van der Waals surface area contributed by atoms with E-state index in [4.69, 9.17) is 5.73 Å². The Morgan fingerprint density at radius 3 is 2.81 bits per heavy atom. The molecule has 3 aromatic heterocycles. The maximum atomic E-state index is 12.6. The summed E-state index contributed by atoms with van der Waals surface area (Å²) in [6.45, 7) is 2.85. The third-order valence-electron chi connectivity index (χ3n) is 4.76. The molecule has 0 saturated carbocycles. The van der Waals surface area contributed by atoms with E-state index in [1.54, 1.807) is 16.2 Å². The van der Waals surface area contributed by atoms with Gasteiger partial charge in [-0.05, 0) is 23.4 Å². The molecule has 4 rings (SSSR count). The van der Waals surface area contributed by atoms with E-state index in [0.29, 0.717) is 18.8 Å². The second-order valence-corrected chi connectivity index (χ2v) is 7.63. The van der Waals surface area contributed by atoms with Gasteiger partial charge in [-0.3, -0.25) is 19.5 Å². The Morgan fingerprint density at radius 1 is 1.30 bits per heavy atom. The van der Waals surface area contributed by atoms with Gasteiger partial charge in [0, 0.05) is 19.2 Å². The molecule has 0 aliphatic carbocycles. The summed E-state index contributed by atoms with van der Waals surface area (Å²) in [5.41, 5.74) is 6.82. The Hall–Kier alpha value is -3.14. The molecule has 0 radical (unpaired) electrons. The number of primary amides is 1. The molecular formula is C17H18N6O3S. The van der Waals surface area contributed by atoms with Crippen LogP contribution in [0.1, 0.15) is 38.4 Å². The van der Waals surface area contributed by atoms with Crippen molar-refractivity contribution in [2.24, 2.45) is 11.7 Å². The fraction of sp³-hybridized carbons (Fsp3) is 0.294. The second kappa shape index (κ2) is 6.54. The highest BCUT2D eigenvalue weighted by molar-refractivity contribution is 7.17. The first-order chi connectivity index (χ1) is 12.9. The van der Waals surface area contributed by atoms with Crippen LogP contribution in [0.4, 0.5) is 0 Å². The Labute approximate surface area is 157 Å². The molecule has 1 aliphatic heterocycles. The number of hydrogen-bond acceptors (Lipinski definition) is 5.